The molecule has 5 heteroatoms. The Bertz CT molecular complexity index is 835. The van der Waals surface area contributed by atoms with E-state index in [0.717, 1.165) is 30.6 Å². The molecule has 1 aromatic heterocycles. The zero-order chi connectivity index (χ0) is 18.9. The van der Waals surface area contributed by atoms with E-state index in [1.54, 1.807) is 11.0 Å². The van der Waals surface area contributed by atoms with E-state index in [0.29, 0.717) is 18.1 Å². The Kier molecular flexibility index (Phi) is 6.52. The molecule has 0 aliphatic heterocycles. The molecule has 3 aromatic rings. The summed E-state index contributed by atoms with van der Waals surface area (Å²) in [5.74, 6) is 0.520. The van der Waals surface area contributed by atoms with Crippen molar-refractivity contribution < 1.29 is 4.79 Å². The van der Waals surface area contributed by atoms with Crippen LogP contribution in [0.3, 0.4) is 0 Å². The van der Waals surface area contributed by atoms with E-state index in [4.69, 9.17) is 0 Å². The third-order valence-electron chi connectivity index (χ3n) is 4.22. The number of benzene rings is 2. The molecule has 1 amide bonds. The van der Waals surface area contributed by atoms with Crippen molar-refractivity contribution in [3.63, 3.8) is 0 Å². The second-order valence-corrected chi connectivity index (χ2v) is 6.30. The summed E-state index contributed by atoms with van der Waals surface area (Å²) >= 11 is 0. The molecule has 27 heavy (non-hydrogen) atoms. The van der Waals surface area contributed by atoms with Crippen LogP contribution in [0.15, 0.2) is 72.8 Å². The Hall–Kier alpha value is -3.21. The molecule has 2 aromatic carbocycles. The van der Waals surface area contributed by atoms with Gasteiger partial charge in [0.05, 0.1) is 6.54 Å². The maximum atomic E-state index is 13.1. The van der Waals surface area contributed by atoms with Gasteiger partial charge in [-0.25, -0.2) is 0 Å². The fourth-order valence-corrected chi connectivity index (χ4v) is 2.73. The third-order valence-corrected chi connectivity index (χ3v) is 4.22. The predicted octanol–water partition coefficient (Wildman–Crippen LogP) is 4.54. The highest BCUT2D eigenvalue weighted by molar-refractivity contribution is 6.04. The standard InChI is InChI=1S/C22H24N4O/c1-2-3-16-23-21-15-14-20(24-25-21)22(27)26(19-12-8-5-9-13-19)17-18-10-6-4-7-11-18/h4-15H,2-3,16-17H2,1H3,(H,23,25). The van der Waals surface area contributed by atoms with Gasteiger partial charge in [-0.05, 0) is 36.2 Å². The molecule has 1 heterocycles. The summed E-state index contributed by atoms with van der Waals surface area (Å²) in [6.45, 7) is 3.46. The van der Waals surface area contributed by atoms with Gasteiger partial charge in [-0.3, -0.25) is 4.79 Å². The number of amides is 1. The lowest BCUT2D eigenvalue weighted by molar-refractivity contribution is 0.0979. The summed E-state index contributed by atoms with van der Waals surface area (Å²) in [4.78, 5) is 14.9. The minimum absolute atomic E-state index is 0.169. The zero-order valence-corrected chi connectivity index (χ0v) is 15.5. The smallest absolute Gasteiger partial charge is 0.279 e. The summed E-state index contributed by atoms with van der Waals surface area (Å²) in [7, 11) is 0. The maximum absolute atomic E-state index is 13.1. The van der Waals surface area contributed by atoms with Gasteiger partial charge in [0.1, 0.15) is 5.82 Å². The van der Waals surface area contributed by atoms with Gasteiger partial charge in [0.15, 0.2) is 5.69 Å². The van der Waals surface area contributed by atoms with E-state index in [1.807, 2.05) is 66.7 Å². The zero-order valence-electron chi connectivity index (χ0n) is 15.5. The van der Waals surface area contributed by atoms with Gasteiger partial charge in [0.2, 0.25) is 0 Å². The van der Waals surface area contributed by atoms with Crippen LogP contribution in [0.1, 0.15) is 35.8 Å². The van der Waals surface area contributed by atoms with Crippen LogP contribution in [0.5, 0.6) is 0 Å². The number of carbonyl (C=O) groups excluding carboxylic acids is 1. The Morgan fingerprint density at radius 3 is 2.26 bits per heavy atom. The van der Waals surface area contributed by atoms with E-state index >= 15 is 0 Å². The van der Waals surface area contributed by atoms with Crippen LogP contribution >= 0.6 is 0 Å². The summed E-state index contributed by atoms with van der Waals surface area (Å²) in [5, 5.41) is 11.5. The van der Waals surface area contributed by atoms with Gasteiger partial charge in [-0.2, -0.15) is 0 Å². The van der Waals surface area contributed by atoms with Crippen LogP contribution in [-0.2, 0) is 6.54 Å². The molecule has 0 atom stereocenters. The molecule has 0 bridgehead atoms. The molecule has 0 saturated heterocycles. The quantitative estimate of drug-likeness (QED) is 0.599. The highest BCUT2D eigenvalue weighted by Crippen LogP contribution is 2.19. The summed E-state index contributed by atoms with van der Waals surface area (Å²) in [6, 6.07) is 23.1. The number of carbonyl (C=O) groups is 1. The number of rotatable bonds is 8. The van der Waals surface area contributed by atoms with Gasteiger partial charge >= 0.3 is 0 Å². The van der Waals surface area contributed by atoms with E-state index in [-0.39, 0.29) is 5.91 Å². The predicted molar refractivity (Wildman–Crippen MR) is 109 cm³/mol. The highest BCUT2D eigenvalue weighted by Gasteiger charge is 2.19. The molecule has 0 radical (unpaired) electrons. The molecule has 0 aliphatic rings. The Labute approximate surface area is 160 Å². The number of para-hydroxylation sites is 1. The molecule has 5 nitrogen and oxygen atoms in total. The van der Waals surface area contributed by atoms with Crippen molar-refractivity contribution in [3.8, 4) is 0 Å². The van der Waals surface area contributed by atoms with E-state index in [9.17, 15) is 4.79 Å². The van der Waals surface area contributed by atoms with Crippen molar-refractivity contribution in [1.82, 2.24) is 10.2 Å². The fraction of sp³-hybridized carbons (Fsp3) is 0.227. The van der Waals surface area contributed by atoms with Crippen LogP contribution in [-0.4, -0.2) is 22.6 Å². The Balaban J connectivity index is 1.80. The largest absolute Gasteiger partial charge is 0.369 e. The minimum atomic E-state index is -0.169. The molecule has 0 fully saturated rings. The molecule has 0 unspecified atom stereocenters. The first-order chi connectivity index (χ1) is 13.3. The molecule has 3 rings (SSSR count). The van der Waals surface area contributed by atoms with Gasteiger partial charge in [-0.1, -0.05) is 61.9 Å². The van der Waals surface area contributed by atoms with Gasteiger partial charge in [0.25, 0.3) is 5.91 Å². The summed E-state index contributed by atoms with van der Waals surface area (Å²) in [5.41, 5.74) is 2.22. The van der Waals surface area contributed by atoms with Crippen molar-refractivity contribution in [1.29, 1.82) is 0 Å². The van der Waals surface area contributed by atoms with Crippen molar-refractivity contribution in [2.45, 2.75) is 26.3 Å². The molecule has 0 aliphatic carbocycles. The van der Waals surface area contributed by atoms with E-state index in [2.05, 4.69) is 22.4 Å². The second kappa shape index (κ2) is 9.48. The van der Waals surface area contributed by atoms with Crippen molar-refractivity contribution in [2.75, 3.05) is 16.8 Å². The Morgan fingerprint density at radius 2 is 1.63 bits per heavy atom. The lowest BCUT2D eigenvalue weighted by Gasteiger charge is -2.22. The first-order valence-electron chi connectivity index (χ1n) is 9.26. The van der Waals surface area contributed by atoms with Crippen LogP contribution in [0.25, 0.3) is 0 Å². The van der Waals surface area contributed by atoms with Crippen molar-refractivity contribution in [2.24, 2.45) is 0 Å². The monoisotopic (exact) mass is 360 g/mol. The van der Waals surface area contributed by atoms with Gasteiger partial charge in [-0.15, -0.1) is 10.2 Å². The number of unbranched alkanes of at least 4 members (excludes halogenated alkanes) is 1. The van der Waals surface area contributed by atoms with Gasteiger partial charge < -0.3 is 10.2 Å². The topological polar surface area (TPSA) is 58.1 Å². The highest BCUT2D eigenvalue weighted by atomic mass is 16.2. The molecule has 138 valence electrons. The second-order valence-electron chi connectivity index (χ2n) is 6.30. The summed E-state index contributed by atoms with van der Waals surface area (Å²) < 4.78 is 0. The SMILES string of the molecule is CCCCNc1ccc(C(=O)N(Cc2ccccc2)c2ccccc2)nn1. The molecule has 0 spiro atoms. The number of nitrogens with zero attached hydrogens (tertiary/aromatic N) is 3. The van der Waals surface area contributed by atoms with Crippen molar-refractivity contribution in [3.05, 3.63) is 84.1 Å². The third kappa shape index (κ3) is 5.14. The fourth-order valence-electron chi connectivity index (χ4n) is 2.73. The van der Waals surface area contributed by atoms with Crippen LogP contribution in [0.4, 0.5) is 11.5 Å². The molecule has 1 N–H and O–H groups in total. The van der Waals surface area contributed by atoms with Crippen molar-refractivity contribution >= 4 is 17.4 Å². The van der Waals surface area contributed by atoms with Crippen LogP contribution in [0, 0.1) is 0 Å². The molecular weight excluding hydrogens is 336 g/mol. The van der Waals surface area contributed by atoms with Gasteiger partial charge in [0, 0.05) is 12.2 Å². The number of anilines is 2. The maximum Gasteiger partial charge on any atom is 0.279 e. The number of hydrogen-bond donors (Lipinski definition) is 1. The first kappa shape index (κ1) is 18.6. The number of aromatic nitrogens is 2. The number of hydrogen-bond acceptors (Lipinski definition) is 4. The Morgan fingerprint density at radius 1 is 0.926 bits per heavy atom. The lowest BCUT2D eigenvalue weighted by Crippen LogP contribution is -2.31. The lowest BCUT2D eigenvalue weighted by atomic mass is 10.2. The first-order valence-corrected chi connectivity index (χ1v) is 9.26. The average Bonchev–Trinajstić information content (AvgIpc) is 2.74. The molecular formula is C22H24N4O. The summed E-state index contributed by atoms with van der Waals surface area (Å²) in [6.07, 6.45) is 2.18. The number of nitrogens with one attached hydrogen (secondary N) is 1. The van der Waals surface area contributed by atoms with E-state index < -0.39 is 0 Å². The van der Waals surface area contributed by atoms with Crippen LogP contribution < -0.4 is 10.2 Å². The normalized spacial score (nSPS) is 10.4. The van der Waals surface area contributed by atoms with Crippen LogP contribution in [0.2, 0.25) is 0 Å². The minimum Gasteiger partial charge on any atom is -0.369 e. The average molecular weight is 360 g/mol. The van der Waals surface area contributed by atoms with E-state index in [1.165, 1.54) is 0 Å². The molecule has 0 saturated carbocycles.